The number of anilines is 1. The highest BCUT2D eigenvalue weighted by Crippen LogP contribution is 2.34. The van der Waals surface area contributed by atoms with E-state index < -0.39 is 17.8 Å². The molecule has 176 valence electrons. The van der Waals surface area contributed by atoms with Crippen LogP contribution in [0.5, 0.6) is 0 Å². The number of carbonyl (C=O) groups is 3. The number of fused-ring (bicyclic) bond motifs is 1. The number of aromatic nitrogens is 2. The Morgan fingerprint density at radius 2 is 2.12 bits per heavy atom. The molecule has 0 fully saturated rings. The van der Waals surface area contributed by atoms with Gasteiger partial charge in [0, 0.05) is 35.5 Å². The number of thiazole rings is 1. The first-order valence-electron chi connectivity index (χ1n) is 10.2. The first-order valence-corrected chi connectivity index (χ1v) is 12.2. The molecule has 3 aromatic rings. The number of methoxy groups -OCH3 is 1. The Hall–Kier alpha value is -2.99. The summed E-state index contributed by atoms with van der Waals surface area (Å²) >= 11 is 8.69. The van der Waals surface area contributed by atoms with Crippen molar-refractivity contribution in [3.05, 3.63) is 62.7 Å². The van der Waals surface area contributed by atoms with Crippen LogP contribution in [0.3, 0.4) is 0 Å². The molecular formula is C22H20ClN5O4S2. The zero-order valence-corrected chi connectivity index (χ0v) is 20.4. The lowest BCUT2D eigenvalue weighted by molar-refractivity contribution is -0.143. The number of hydrogen-bond acceptors (Lipinski definition) is 9. The number of pyridine rings is 1. The second-order valence-corrected chi connectivity index (χ2v) is 9.90. The van der Waals surface area contributed by atoms with Crippen molar-refractivity contribution in [2.24, 2.45) is 5.73 Å². The largest absolute Gasteiger partial charge is 0.465 e. The van der Waals surface area contributed by atoms with Gasteiger partial charge in [-0.15, -0.1) is 11.3 Å². The fourth-order valence-corrected chi connectivity index (χ4v) is 5.21. The van der Waals surface area contributed by atoms with E-state index in [1.807, 2.05) is 0 Å². The standard InChI is InChI=1S/C22H20ClN5O4S2/c1-32-22(31)12-2-4-16(33-18-5-3-13(23)10-25-18)14(8-12)27-20(29)21(30)28-7-6-17-15(11-28)26-19(9-24)34-17/h2-5,8,10H,6-7,9,11,24H2,1H3,(H,27,29). The van der Waals surface area contributed by atoms with Gasteiger partial charge in [0.1, 0.15) is 10.0 Å². The summed E-state index contributed by atoms with van der Waals surface area (Å²) in [7, 11) is 1.27. The van der Waals surface area contributed by atoms with Crippen molar-refractivity contribution in [1.29, 1.82) is 0 Å². The summed E-state index contributed by atoms with van der Waals surface area (Å²) in [5.74, 6) is -2.06. The summed E-state index contributed by atoms with van der Waals surface area (Å²) in [6, 6.07) is 8.13. The lowest BCUT2D eigenvalue weighted by Gasteiger charge is -2.25. The molecule has 2 aromatic heterocycles. The molecule has 3 heterocycles. The highest BCUT2D eigenvalue weighted by Gasteiger charge is 2.28. The molecule has 3 N–H and O–H groups in total. The Morgan fingerprint density at radius 1 is 1.29 bits per heavy atom. The third-order valence-electron chi connectivity index (χ3n) is 4.99. The normalized spacial score (nSPS) is 12.7. The Kier molecular flexibility index (Phi) is 7.47. The average molecular weight is 518 g/mol. The number of nitrogens with two attached hydrogens (primary N) is 1. The molecule has 9 nitrogen and oxygen atoms in total. The molecule has 1 aliphatic rings. The van der Waals surface area contributed by atoms with Crippen LogP contribution in [0.25, 0.3) is 0 Å². The lowest BCUT2D eigenvalue weighted by atomic mass is 10.1. The number of carbonyl (C=O) groups excluding carboxylic acids is 3. The van der Waals surface area contributed by atoms with E-state index in [4.69, 9.17) is 22.1 Å². The van der Waals surface area contributed by atoms with Crippen LogP contribution in [0.4, 0.5) is 5.69 Å². The second kappa shape index (κ2) is 10.5. The predicted octanol–water partition coefficient (Wildman–Crippen LogP) is 3.11. The smallest absolute Gasteiger partial charge is 0.337 e. The van der Waals surface area contributed by atoms with Gasteiger partial charge >= 0.3 is 17.8 Å². The first-order chi connectivity index (χ1) is 16.4. The van der Waals surface area contributed by atoms with Gasteiger partial charge in [-0.1, -0.05) is 23.4 Å². The van der Waals surface area contributed by atoms with Gasteiger partial charge in [-0.2, -0.15) is 0 Å². The molecule has 1 aromatic carbocycles. The van der Waals surface area contributed by atoms with E-state index in [-0.39, 0.29) is 12.1 Å². The molecule has 12 heteroatoms. The SMILES string of the molecule is COC(=O)c1ccc(Sc2ccc(Cl)cn2)c(NC(=O)C(=O)N2CCc3sc(CN)nc3C2)c1. The number of halogens is 1. The van der Waals surface area contributed by atoms with Crippen LogP contribution in [0.1, 0.15) is 25.9 Å². The van der Waals surface area contributed by atoms with Gasteiger partial charge in [-0.25, -0.2) is 14.8 Å². The average Bonchev–Trinajstić information content (AvgIpc) is 3.28. The summed E-state index contributed by atoms with van der Waals surface area (Å²) in [5.41, 5.74) is 6.97. The van der Waals surface area contributed by atoms with Crippen LogP contribution in [0.15, 0.2) is 46.5 Å². The molecule has 0 bridgehead atoms. The number of esters is 1. The van der Waals surface area contributed by atoms with Gasteiger partial charge in [-0.3, -0.25) is 9.59 Å². The highest BCUT2D eigenvalue weighted by molar-refractivity contribution is 7.99. The maximum absolute atomic E-state index is 12.9. The molecule has 0 radical (unpaired) electrons. The third kappa shape index (κ3) is 5.39. The topological polar surface area (TPSA) is 128 Å². The number of ether oxygens (including phenoxy) is 1. The molecule has 1 aliphatic heterocycles. The van der Waals surface area contributed by atoms with Gasteiger partial charge in [0.15, 0.2) is 0 Å². The summed E-state index contributed by atoms with van der Waals surface area (Å²) in [4.78, 5) is 49.6. The fourth-order valence-electron chi connectivity index (χ4n) is 3.33. The minimum atomic E-state index is -0.814. The Balaban J connectivity index is 1.54. The molecule has 4 rings (SSSR count). The number of nitrogens with one attached hydrogen (secondary N) is 1. The molecular weight excluding hydrogens is 498 g/mol. The van der Waals surface area contributed by atoms with Crippen LogP contribution in [0, 0.1) is 0 Å². The maximum Gasteiger partial charge on any atom is 0.337 e. The molecule has 0 unspecified atom stereocenters. The van der Waals surface area contributed by atoms with E-state index >= 15 is 0 Å². The molecule has 0 atom stereocenters. The van der Waals surface area contributed by atoms with Gasteiger partial charge in [0.25, 0.3) is 0 Å². The van der Waals surface area contributed by atoms with Crippen molar-refractivity contribution in [1.82, 2.24) is 14.9 Å². The highest BCUT2D eigenvalue weighted by atomic mass is 35.5. The van der Waals surface area contributed by atoms with E-state index in [1.165, 1.54) is 47.4 Å². The van der Waals surface area contributed by atoms with E-state index in [9.17, 15) is 14.4 Å². The van der Waals surface area contributed by atoms with Crippen molar-refractivity contribution >= 4 is 58.2 Å². The number of nitrogens with zero attached hydrogens (tertiary/aromatic N) is 3. The molecule has 2 amide bonds. The van der Waals surface area contributed by atoms with Crippen LogP contribution in [0.2, 0.25) is 5.02 Å². The van der Waals surface area contributed by atoms with E-state index in [0.29, 0.717) is 40.1 Å². The Labute approximate surface area is 208 Å². The van der Waals surface area contributed by atoms with E-state index in [0.717, 1.165) is 15.6 Å². The summed E-state index contributed by atoms with van der Waals surface area (Å²) in [5, 5.41) is 4.57. The third-order valence-corrected chi connectivity index (χ3v) is 7.42. The van der Waals surface area contributed by atoms with Crippen molar-refractivity contribution in [3.8, 4) is 0 Å². The first kappa shape index (κ1) is 24.1. The van der Waals surface area contributed by atoms with Gasteiger partial charge < -0.3 is 20.7 Å². The predicted molar refractivity (Wildman–Crippen MR) is 129 cm³/mol. The maximum atomic E-state index is 12.9. The van der Waals surface area contributed by atoms with Crippen molar-refractivity contribution in [2.45, 2.75) is 29.4 Å². The molecule has 34 heavy (non-hydrogen) atoms. The van der Waals surface area contributed by atoms with Crippen LogP contribution < -0.4 is 11.1 Å². The number of amides is 2. The summed E-state index contributed by atoms with van der Waals surface area (Å²) in [6.07, 6.45) is 2.13. The molecule has 0 spiro atoms. The number of hydrogen-bond donors (Lipinski definition) is 2. The Bertz CT molecular complexity index is 1250. The van der Waals surface area contributed by atoms with E-state index in [2.05, 4.69) is 15.3 Å². The Morgan fingerprint density at radius 3 is 2.82 bits per heavy atom. The second-order valence-electron chi connectivity index (χ2n) is 7.23. The monoisotopic (exact) mass is 517 g/mol. The van der Waals surface area contributed by atoms with E-state index in [1.54, 1.807) is 24.3 Å². The lowest BCUT2D eigenvalue weighted by Crippen LogP contribution is -2.42. The minimum absolute atomic E-state index is 0.234. The molecule has 0 aliphatic carbocycles. The van der Waals surface area contributed by atoms with Crippen LogP contribution in [-0.2, 0) is 33.8 Å². The van der Waals surface area contributed by atoms with Crippen molar-refractivity contribution in [2.75, 3.05) is 19.0 Å². The van der Waals surface area contributed by atoms with Crippen molar-refractivity contribution in [3.63, 3.8) is 0 Å². The van der Waals surface area contributed by atoms with Crippen LogP contribution in [-0.4, -0.2) is 46.3 Å². The zero-order valence-electron chi connectivity index (χ0n) is 18.0. The summed E-state index contributed by atoms with van der Waals surface area (Å²) < 4.78 is 4.78. The van der Waals surface area contributed by atoms with Gasteiger partial charge in [0.05, 0.1) is 35.6 Å². The molecule has 0 saturated carbocycles. The van der Waals surface area contributed by atoms with Gasteiger partial charge in [0.2, 0.25) is 0 Å². The fraction of sp³-hybridized carbons (Fsp3) is 0.227. The quantitative estimate of drug-likeness (QED) is 0.390. The zero-order chi connectivity index (χ0) is 24.2. The number of benzene rings is 1. The van der Waals surface area contributed by atoms with Crippen LogP contribution >= 0.6 is 34.7 Å². The number of rotatable bonds is 5. The summed E-state index contributed by atoms with van der Waals surface area (Å²) in [6.45, 7) is 0.992. The van der Waals surface area contributed by atoms with Crippen molar-refractivity contribution < 1.29 is 19.1 Å². The van der Waals surface area contributed by atoms with Gasteiger partial charge in [-0.05, 0) is 30.3 Å². The molecule has 0 saturated heterocycles. The minimum Gasteiger partial charge on any atom is -0.465 e.